The Kier molecular flexibility index (Phi) is 6.78. The number of amides is 2. The molecule has 9 heteroatoms. The smallest absolute Gasteiger partial charge is 0.258 e. The van der Waals surface area contributed by atoms with Gasteiger partial charge in [0.2, 0.25) is 10.0 Å². The van der Waals surface area contributed by atoms with Gasteiger partial charge in [-0.05, 0) is 62.7 Å². The maximum Gasteiger partial charge on any atom is 0.258 e. The molecule has 37 heavy (non-hydrogen) atoms. The van der Waals surface area contributed by atoms with Gasteiger partial charge in [-0.2, -0.15) is 4.31 Å². The minimum atomic E-state index is -3.69. The average Bonchev–Trinajstić information content (AvgIpc) is 3.15. The van der Waals surface area contributed by atoms with Crippen LogP contribution in [-0.2, 0) is 14.8 Å². The lowest BCUT2D eigenvalue weighted by Crippen LogP contribution is -2.48. The zero-order chi connectivity index (χ0) is 26.3. The lowest BCUT2D eigenvalue weighted by molar-refractivity contribution is -0.0440. The van der Waals surface area contributed by atoms with Gasteiger partial charge < -0.3 is 15.0 Å². The lowest BCUT2D eigenvalue weighted by Gasteiger charge is -2.34. The first-order chi connectivity index (χ1) is 17.7. The highest BCUT2D eigenvalue weighted by atomic mass is 32.2. The van der Waals surface area contributed by atoms with Crippen molar-refractivity contribution in [3.63, 3.8) is 0 Å². The summed E-state index contributed by atoms with van der Waals surface area (Å²) in [6.45, 7) is 7.03. The van der Waals surface area contributed by atoms with Crippen LogP contribution in [0, 0.1) is 0 Å². The number of anilines is 2. The Labute approximate surface area is 217 Å². The topological polar surface area (TPSA) is 96.0 Å². The third-order valence-corrected chi connectivity index (χ3v) is 8.75. The van der Waals surface area contributed by atoms with E-state index >= 15 is 0 Å². The Morgan fingerprint density at radius 1 is 1.03 bits per heavy atom. The molecule has 3 aromatic carbocycles. The Hall–Kier alpha value is -3.27. The van der Waals surface area contributed by atoms with Gasteiger partial charge in [0.15, 0.2) is 0 Å². The van der Waals surface area contributed by atoms with E-state index in [9.17, 15) is 18.0 Å². The molecule has 194 valence electrons. The van der Waals surface area contributed by atoms with Gasteiger partial charge in [0, 0.05) is 47.2 Å². The monoisotopic (exact) mass is 521 g/mol. The molecule has 1 N–H and O–H groups in total. The van der Waals surface area contributed by atoms with E-state index in [0.29, 0.717) is 36.4 Å². The van der Waals surface area contributed by atoms with Crippen LogP contribution in [0.2, 0.25) is 0 Å². The molecule has 0 spiro atoms. The van der Waals surface area contributed by atoms with Crippen molar-refractivity contribution in [3.05, 3.63) is 65.7 Å². The van der Waals surface area contributed by atoms with Crippen molar-refractivity contribution in [2.45, 2.75) is 50.7 Å². The van der Waals surface area contributed by atoms with E-state index in [1.165, 1.54) is 28.6 Å². The molecule has 2 unspecified atom stereocenters. The molecule has 2 aliphatic heterocycles. The highest BCUT2D eigenvalue weighted by molar-refractivity contribution is 7.89. The average molecular weight is 522 g/mol. The number of sulfonamides is 1. The van der Waals surface area contributed by atoms with Crippen LogP contribution < -0.4 is 10.2 Å². The van der Waals surface area contributed by atoms with Crippen molar-refractivity contribution >= 4 is 44.0 Å². The number of carbonyl (C=O) groups excluding carboxylic acids is 2. The molecule has 0 aromatic heterocycles. The number of hydrogen-bond acceptors (Lipinski definition) is 5. The summed E-state index contributed by atoms with van der Waals surface area (Å²) in [7, 11) is -3.69. The number of unbranched alkanes of at least 4 members (excludes halogenated alkanes) is 1. The van der Waals surface area contributed by atoms with Crippen molar-refractivity contribution in [3.8, 4) is 0 Å². The third-order valence-electron chi connectivity index (χ3n) is 6.91. The molecule has 0 bridgehead atoms. The van der Waals surface area contributed by atoms with Gasteiger partial charge >= 0.3 is 0 Å². The van der Waals surface area contributed by atoms with Gasteiger partial charge in [-0.15, -0.1) is 0 Å². The summed E-state index contributed by atoms with van der Waals surface area (Å²) in [6.07, 6.45) is 1.53. The number of rotatable bonds is 7. The molecule has 2 aliphatic rings. The van der Waals surface area contributed by atoms with Crippen molar-refractivity contribution in [2.75, 3.05) is 29.9 Å². The summed E-state index contributed by atoms with van der Waals surface area (Å²) < 4.78 is 33.3. The Balaban J connectivity index is 1.38. The van der Waals surface area contributed by atoms with Crippen LogP contribution >= 0.6 is 0 Å². The molecular formula is C28H31N3O5S. The van der Waals surface area contributed by atoms with Crippen LogP contribution in [-0.4, -0.2) is 56.4 Å². The predicted molar refractivity (Wildman–Crippen MR) is 144 cm³/mol. The van der Waals surface area contributed by atoms with E-state index < -0.39 is 10.0 Å². The molecule has 8 nitrogen and oxygen atoms in total. The van der Waals surface area contributed by atoms with E-state index in [-0.39, 0.29) is 28.9 Å². The zero-order valence-electron chi connectivity index (χ0n) is 21.2. The number of hydrogen-bond donors (Lipinski definition) is 1. The van der Waals surface area contributed by atoms with Crippen LogP contribution in [0.5, 0.6) is 0 Å². The molecular weight excluding hydrogens is 490 g/mol. The van der Waals surface area contributed by atoms with Crippen molar-refractivity contribution in [1.29, 1.82) is 0 Å². The first kappa shape index (κ1) is 25.4. The maximum atomic E-state index is 13.1. The minimum absolute atomic E-state index is 0.0154. The molecule has 2 atom stereocenters. The van der Waals surface area contributed by atoms with Crippen molar-refractivity contribution in [1.82, 2.24) is 4.31 Å². The Morgan fingerprint density at radius 2 is 1.73 bits per heavy atom. The Morgan fingerprint density at radius 3 is 2.41 bits per heavy atom. The van der Waals surface area contributed by atoms with Crippen LogP contribution in [0.25, 0.3) is 10.8 Å². The van der Waals surface area contributed by atoms with E-state index in [0.717, 1.165) is 29.3 Å². The predicted octanol–water partition coefficient (Wildman–Crippen LogP) is 4.65. The number of carbonyl (C=O) groups is 2. The van der Waals surface area contributed by atoms with Crippen molar-refractivity contribution in [2.24, 2.45) is 0 Å². The van der Waals surface area contributed by atoms with Gasteiger partial charge in [0.25, 0.3) is 11.8 Å². The lowest BCUT2D eigenvalue weighted by atomic mass is 10.0. The van der Waals surface area contributed by atoms with Gasteiger partial charge in [-0.1, -0.05) is 25.5 Å². The molecule has 0 saturated carbocycles. The molecule has 0 radical (unpaired) electrons. The zero-order valence-corrected chi connectivity index (χ0v) is 22.0. The molecule has 0 aliphatic carbocycles. The fourth-order valence-electron chi connectivity index (χ4n) is 5.14. The highest BCUT2D eigenvalue weighted by Crippen LogP contribution is 2.40. The van der Waals surface area contributed by atoms with Gasteiger partial charge in [0.05, 0.1) is 22.8 Å². The van der Waals surface area contributed by atoms with E-state index in [4.69, 9.17) is 4.74 Å². The second kappa shape index (κ2) is 9.89. The van der Waals surface area contributed by atoms with E-state index in [1.54, 1.807) is 0 Å². The second-order valence-electron chi connectivity index (χ2n) is 9.73. The van der Waals surface area contributed by atoms with Crippen molar-refractivity contribution < 1.29 is 22.7 Å². The SMILES string of the molecule is CCCCN1C(=O)c2cccc3c(NC(=O)c4ccc(S(=O)(=O)N5CC(C)OC(C)C5)cc4)ccc1c23. The molecule has 2 heterocycles. The molecule has 5 rings (SSSR count). The van der Waals surface area contributed by atoms with Gasteiger partial charge in [0.1, 0.15) is 0 Å². The van der Waals surface area contributed by atoms with Crippen LogP contribution in [0.4, 0.5) is 11.4 Å². The Bertz CT molecular complexity index is 1460. The van der Waals surface area contributed by atoms with Crippen LogP contribution in [0.1, 0.15) is 54.3 Å². The second-order valence-corrected chi connectivity index (χ2v) is 11.7. The number of morpholine rings is 1. The quantitative estimate of drug-likeness (QED) is 0.488. The van der Waals surface area contributed by atoms with E-state index in [2.05, 4.69) is 12.2 Å². The summed E-state index contributed by atoms with van der Waals surface area (Å²) in [5.41, 5.74) is 2.44. The summed E-state index contributed by atoms with van der Waals surface area (Å²) in [6, 6.07) is 15.2. The largest absolute Gasteiger partial charge is 0.373 e. The summed E-state index contributed by atoms with van der Waals surface area (Å²) in [5.74, 6) is -0.371. The third kappa shape index (κ3) is 4.63. The normalized spacial score (nSPS) is 20.0. The molecule has 1 fully saturated rings. The minimum Gasteiger partial charge on any atom is -0.373 e. The highest BCUT2D eigenvalue weighted by Gasteiger charge is 2.33. The fourth-order valence-corrected chi connectivity index (χ4v) is 6.73. The van der Waals surface area contributed by atoms with Crippen LogP contribution in [0.15, 0.2) is 59.5 Å². The van der Waals surface area contributed by atoms with Crippen LogP contribution in [0.3, 0.4) is 0 Å². The van der Waals surface area contributed by atoms with Gasteiger partial charge in [-0.25, -0.2) is 8.42 Å². The standard InChI is InChI=1S/C28H31N3O5S/c1-4-5-15-31-25-14-13-24(22-7-6-8-23(26(22)25)28(31)33)29-27(32)20-9-11-21(12-10-20)37(34,35)30-16-18(2)36-19(3)17-30/h6-14,18-19H,4-5,15-17H2,1-3H3,(H,29,32). The summed E-state index contributed by atoms with van der Waals surface area (Å²) >= 11 is 0. The molecule has 1 saturated heterocycles. The molecule has 2 amide bonds. The number of nitrogens with zero attached hydrogens (tertiary/aromatic N) is 2. The molecule has 3 aromatic rings. The number of nitrogens with one attached hydrogen (secondary N) is 1. The number of ether oxygens (including phenoxy) is 1. The summed E-state index contributed by atoms with van der Waals surface area (Å²) in [4.78, 5) is 28.0. The maximum absolute atomic E-state index is 13.1. The first-order valence-electron chi connectivity index (χ1n) is 12.6. The van der Waals surface area contributed by atoms with E-state index in [1.807, 2.05) is 49.1 Å². The number of benzene rings is 3. The first-order valence-corrected chi connectivity index (χ1v) is 14.1. The summed E-state index contributed by atoms with van der Waals surface area (Å²) in [5, 5.41) is 4.59. The fraction of sp³-hybridized carbons (Fsp3) is 0.357. The van der Waals surface area contributed by atoms with Gasteiger partial charge in [-0.3, -0.25) is 9.59 Å².